The SMILES string of the molecule is COc1ccccc1OC(C)CNC(=NCc1nnc(C)n1C)NC1CCCCC1. The largest absolute Gasteiger partial charge is 0.493 e. The average Bonchev–Trinajstić information content (AvgIpc) is 3.09. The van der Waals surface area contributed by atoms with Crippen molar-refractivity contribution >= 4 is 5.96 Å². The van der Waals surface area contributed by atoms with Gasteiger partial charge in [-0.05, 0) is 38.8 Å². The smallest absolute Gasteiger partial charge is 0.192 e. The van der Waals surface area contributed by atoms with Crippen molar-refractivity contribution in [3.8, 4) is 11.5 Å². The molecule has 30 heavy (non-hydrogen) atoms. The maximum Gasteiger partial charge on any atom is 0.192 e. The topological polar surface area (TPSA) is 85.6 Å². The molecule has 1 aromatic heterocycles. The van der Waals surface area contributed by atoms with E-state index in [4.69, 9.17) is 14.5 Å². The van der Waals surface area contributed by atoms with E-state index in [1.807, 2.05) is 49.7 Å². The van der Waals surface area contributed by atoms with Crippen LogP contribution in [0.3, 0.4) is 0 Å². The molecular formula is C22H34N6O2. The summed E-state index contributed by atoms with van der Waals surface area (Å²) < 4.78 is 13.4. The van der Waals surface area contributed by atoms with Crippen LogP contribution in [-0.2, 0) is 13.6 Å². The quantitative estimate of drug-likeness (QED) is 0.510. The third-order valence-electron chi connectivity index (χ3n) is 5.46. The van der Waals surface area contributed by atoms with Crippen LogP contribution in [0.15, 0.2) is 29.3 Å². The number of nitrogens with zero attached hydrogens (tertiary/aromatic N) is 4. The van der Waals surface area contributed by atoms with Gasteiger partial charge in [0.2, 0.25) is 0 Å². The fraction of sp³-hybridized carbons (Fsp3) is 0.591. The van der Waals surface area contributed by atoms with Crippen LogP contribution in [0.4, 0.5) is 0 Å². The van der Waals surface area contributed by atoms with Gasteiger partial charge in [0, 0.05) is 13.1 Å². The molecule has 1 heterocycles. The molecule has 8 heteroatoms. The van der Waals surface area contributed by atoms with Gasteiger partial charge in [0.15, 0.2) is 23.3 Å². The summed E-state index contributed by atoms with van der Waals surface area (Å²) in [5.74, 6) is 3.99. The monoisotopic (exact) mass is 414 g/mol. The number of aryl methyl sites for hydroxylation is 1. The normalized spacial score (nSPS) is 16.2. The highest BCUT2D eigenvalue weighted by Gasteiger charge is 2.16. The maximum absolute atomic E-state index is 6.07. The molecule has 0 amide bonds. The molecule has 0 aliphatic heterocycles. The number of nitrogens with one attached hydrogen (secondary N) is 2. The molecule has 3 rings (SSSR count). The molecule has 8 nitrogen and oxygen atoms in total. The van der Waals surface area contributed by atoms with Crippen molar-refractivity contribution in [3.05, 3.63) is 35.9 Å². The van der Waals surface area contributed by atoms with Crippen molar-refractivity contribution in [1.82, 2.24) is 25.4 Å². The molecule has 2 aromatic rings. The van der Waals surface area contributed by atoms with Gasteiger partial charge in [-0.25, -0.2) is 4.99 Å². The second-order valence-corrected chi connectivity index (χ2v) is 7.83. The Hall–Kier alpha value is -2.77. The van der Waals surface area contributed by atoms with Gasteiger partial charge in [-0.15, -0.1) is 10.2 Å². The first-order chi connectivity index (χ1) is 14.6. The lowest BCUT2D eigenvalue weighted by atomic mass is 9.96. The molecule has 1 aliphatic rings. The van der Waals surface area contributed by atoms with Crippen molar-refractivity contribution in [2.24, 2.45) is 12.0 Å². The number of hydrogen-bond acceptors (Lipinski definition) is 5. The van der Waals surface area contributed by atoms with Gasteiger partial charge in [-0.1, -0.05) is 31.4 Å². The Balaban J connectivity index is 1.62. The van der Waals surface area contributed by atoms with E-state index in [0.717, 1.165) is 29.1 Å². The summed E-state index contributed by atoms with van der Waals surface area (Å²) in [7, 11) is 3.61. The van der Waals surface area contributed by atoms with Gasteiger partial charge in [0.1, 0.15) is 18.5 Å². The van der Waals surface area contributed by atoms with Crippen molar-refractivity contribution < 1.29 is 9.47 Å². The first kappa shape index (κ1) is 21.9. The number of methoxy groups -OCH3 is 1. The Morgan fingerprint density at radius 3 is 2.60 bits per heavy atom. The molecule has 164 valence electrons. The minimum absolute atomic E-state index is 0.0586. The van der Waals surface area contributed by atoms with Gasteiger partial charge >= 0.3 is 0 Å². The highest BCUT2D eigenvalue weighted by atomic mass is 16.5. The molecule has 0 saturated heterocycles. The molecular weight excluding hydrogens is 380 g/mol. The van der Waals surface area contributed by atoms with E-state index in [9.17, 15) is 0 Å². The predicted octanol–water partition coefficient (Wildman–Crippen LogP) is 2.97. The fourth-order valence-corrected chi connectivity index (χ4v) is 3.55. The summed E-state index contributed by atoms with van der Waals surface area (Å²) >= 11 is 0. The molecule has 0 bridgehead atoms. The summed E-state index contributed by atoms with van der Waals surface area (Å²) in [6, 6.07) is 8.15. The van der Waals surface area contributed by atoms with E-state index >= 15 is 0 Å². The number of aliphatic imine (C=N–C) groups is 1. The molecule has 2 N–H and O–H groups in total. The van der Waals surface area contributed by atoms with Crippen molar-refractivity contribution in [2.75, 3.05) is 13.7 Å². The lowest BCUT2D eigenvalue weighted by molar-refractivity contribution is 0.213. The summed E-state index contributed by atoms with van der Waals surface area (Å²) in [6.07, 6.45) is 6.15. The third kappa shape index (κ3) is 6.11. The number of benzene rings is 1. The number of ether oxygens (including phenoxy) is 2. The van der Waals surface area contributed by atoms with Crippen LogP contribution >= 0.6 is 0 Å². The molecule has 1 aromatic carbocycles. The van der Waals surface area contributed by atoms with Gasteiger partial charge in [-0.3, -0.25) is 0 Å². The van der Waals surface area contributed by atoms with E-state index in [1.54, 1.807) is 7.11 Å². The first-order valence-electron chi connectivity index (χ1n) is 10.8. The average molecular weight is 415 g/mol. The highest BCUT2D eigenvalue weighted by Crippen LogP contribution is 2.26. The molecule has 0 radical (unpaired) electrons. The zero-order valence-electron chi connectivity index (χ0n) is 18.5. The van der Waals surface area contributed by atoms with Crippen LogP contribution < -0.4 is 20.1 Å². The van der Waals surface area contributed by atoms with E-state index < -0.39 is 0 Å². The number of aromatic nitrogens is 3. The van der Waals surface area contributed by atoms with Crippen molar-refractivity contribution in [3.63, 3.8) is 0 Å². The summed E-state index contributed by atoms with van der Waals surface area (Å²) in [6.45, 7) is 5.07. The van der Waals surface area contributed by atoms with Crippen LogP contribution in [0.5, 0.6) is 11.5 Å². The second kappa shape index (κ2) is 10.8. The Morgan fingerprint density at radius 2 is 1.93 bits per heavy atom. The summed E-state index contributed by atoms with van der Waals surface area (Å²) in [5.41, 5.74) is 0. The summed E-state index contributed by atoms with van der Waals surface area (Å²) in [5, 5.41) is 15.4. The standard InChI is InChI=1S/C22H34N6O2/c1-16(30-20-13-9-8-12-19(20)29-4)14-23-22(25-18-10-6-5-7-11-18)24-15-21-27-26-17(2)28(21)3/h8-9,12-13,16,18H,5-7,10-11,14-15H2,1-4H3,(H2,23,24,25). The van der Waals surface area contributed by atoms with E-state index in [0.29, 0.717) is 19.1 Å². The van der Waals surface area contributed by atoms with Crippen LogP contribution in [0, 0.1) is 6.92 Å². The van der Waals surface area contributed by atoms with Gasteiger partial charge in [-0.2, -0.15) is 0 Å². The lowest BCUT2D eigenvalue weighted by Crippen LogP contribution is -2.46. The molecule has 1 atom stereocenters. The molecule has 1 unspecified atom stereocenters. The fourth-order valence-electron chi connectivity index (χ4n) is 3.55. The van der Waals surface area contributed by atoms with Gasteiger partial charge in [0.05, 0.1) is 13.7 Å². The number of hydrogen-bond donors (Lipinski definition) is 2. The molecule has 1 aliphatic carbocycles. The second-order valence-electron chi connectivity index (χ2n) is 7.83. The van der Waals surface area contributed by atoms with Gasteiger partial charge in [0.25, 0.3) is 0 Å². The number of guanidine groups is 1. The van der Waals surface area contributed by atoms with Crippen molar-refractivity contribution in [1.29, 1.82) is 0 Å². The van der Waals surface area contributed by atoms with Crippen LogP contribution in [-0.4, -0.2) is 46.5 Å². The Kier molecular flexibility index (Phi) is 7.93. The zero-order chi connectivity index (χ0) is 21.3. The zero-order valence-corrected chi connectivity index (χ0v) is 18.5. The minimum Gasteiger partial charge on any atom is -0.493 e. The minimum atomic E-state index is -0.0586. The van der Waals surface area contributed by atoms with Crippen LogP contribution in [0.25, 0.3) is 0 Å². The Morgan fingerprint density at radius 1 is 1.20 bits per heavy atom. The summed E-state index contributed by atoms with van der Waals surface area (Å²) in [4.78, 5) is 4.77. The molecule has 1 fully saturated rings. The molecule has 1 saturated carbocycles. The molecule has 0 spiro atoms. The maximum atomic E-state index is 6.07. The van der Waals surface area contributed by atoms with E-state index in [2.05, 4.69) is 20.8 Å². The third-order valence-corrected chi connectivity index (χ3v) is 5.46. The van der Waals surface area contributed by atoms with Gasteiger partial charge < -0.3 is 24.7 Å². The van der Waals surface area contributed by atoms with Crippen molar-refractivity contribution in [2.45, 2.75) is 64.6 Å². The lowest BCUT2D eigenvalue weighted by Gasteiger charge is -2.26. The number of para-hydroxylation sites is 2. The first-order valence-corrected chi connectivity index (χ1v) is 10.8. The number of rotatable bonds is 8. The predicted molar refractivity (Wildman–Crippen MR) is 118 cm³/mol. The Bertz CT molecular complexity index is 829. The Labute approximate surface area is 179 Å². The van der Waals surface area contributed by atoms with E-state index in [1.165, 1.54) is 32.1 Å². The van der Waals surface area contributed by atoms with Crippen LogP contribution in [0.2, 0.25) is 0 Å². The van der Waals surface area contributed by atoms with E-state index in [-0.39, 0.29) is 6.10 Å². The highest BCUT2D eigenvalue weighted by molar-refractivity contribution is 5.80. The van der Waals surface area contributed by atoms with Crippen LogP contribution in [0.1, 0.15) is 50.7 Å².